The largest absolute Gasteiger partial charge is 0.325 e. The van der Waals surface area contributed by atoms with Crippen LogP contribution in [-0.2, 0) is 11.8 Å². The Labute approximate surface area is 146 Å². The lowest BCUT2D eigenvalue weighted by Crippen LogP contribution is -2.14. The Morgan fingerprint density at radius 2 is 2.00 bits per heavy atom. The van der Waals surface area contributed by atoms with Gasteiger partial charge in [0.2, 0.25) is 5.91 Å². The van der Waals surface area contributed by atoms with Gasteiger partial charge < -0.3 is 14.9 Å². The Kier molecular flexibility index (Phi) is 4.66. The number of nitrogens with zero attached hydrogens (tertiary/aromatic N) is 3. The van der Waals surface area contributed by atoms with Gasteiger partial charge in [0.25, 0.3) is 5.56 Å². The summed E-state index contributed by atoms with van der Waals surface area (Å²) < 4.78 is 1.67. The van der Waals surface area contributed by atoms with Gasteiger partial charge in [-0.3, -0.25) is 14.4 Å². The molecule has 2 aromatic heterocycles. The number of aromatic amines is 1. The van der Waals surface area contributed by atoms with Crippen molar-refractivity contribution in [2.45, 2.75) is 12.1 Å². The van der Waals surface area contributed by atoms with Crippen LogP contribution in [-0.4, -0.2) is 37.0 Å². The summed E-state index contributed by atoms with van der Waals surface area (Å²) in [5, 5.41) is 3.28. The van der Waals surface area contributed by atoms with Crippen LogP contribution in [0, 0.1) is 0 Å². The monoisotopic (exact) mass is 357 g/mol. The molecule has 0 spiro atoms. The molecule has 0 atom stereocenters. The van der Waals surface area contributed by atoms with Crippen molar-refractivity contribution in [1.29, 1.82) is 0 Å². The maximum atomic E-state index is 12.1. The standard InChI is InChI=1S/C16H15N5O3S/c1-9(22)10-3-5-11(6-4-10)19-12(23)7-25-16-20-13-14(21(16)2)17-8-18-15(13)24/h3-6,8H,7H2,1-2H3,(H,19,23)(H,17,18,24). The number of hydrogen-bond acceptors (Lipinski definition) is 6. The van der Waals surface area contributed by atoms with E-state index >= 15 is 0 Å². The van der Waals surface area contributed by atoms with Crippen LogP contribution in [0.2, 0.25) is 0 Å². The molecular weight excluding hydrogens is 342 g/mol. The topological polar surface area (TPSA) is 110 Å². The van der Waals surface area contributed by atoms with E-state index in [1.54, 1.807) is 35.9 Å². The number of hydrogen-bond donors (Lipinski definition) is 2. The van der Waals surface area contributed by atoms with E-state index in [4.69, 9.17) is 0 Å². The Morgan fingerprint density at radius 3 is 2.64 bits per heavy atom. The van der Waals surface area contributed by atoms with Crippen molar-refractivity contribution in [3.8, 4) is 0 Å². The summed E-state index contributed by atoms with van der Waals surface area (Å²) in [6, 6.07) is 6.68. The summed E-state index contributed by atoms with van der Waals surface area (Å²) >= 11 is 1.21. The number of anilines is 1. The fourth-order valence-electron chi connectivity index (χ4n) is 2.24. The van der Waals surface area contributed by atoms with Gasteiger partial charge in [-0.15, -0.1) is 0 Å². The van der Waals surface area contributed by atoms with Gasteiger partial charge in [0.05, 0.1) is 12.1 Å². The van der Waals surface area contributed by atoms with Crippen LogP contribution in [0.15, 0.2) is 40.5 Å². The molecule has 25 heavy (non-hydrogen) atoms. The number of carbonyl (C=O) groups excluding carboxylic acids is 2. The van der Waals surface area contributed by atoms with Crippen molar-refractivity contribution >= 4 is 40.3 Å². The van der Waals surface area contributed by atoms with E-state index in [2.05, 4.69) is 20.3 Å². The lowest BCUT2D eigenvalue weighted by molar-refractivity contribution is -0.113. The average molecular weight is 357 g/mol. The fourth-order valence-corrected chi connectivity index (χ4v) is 3.00. The molecule has 2 N–H and O–H groups in total. The Hall–Kier alpha value is -2.94. The molecule has 0 radical (unpaired) electrons. The zero-order valence-electron chi connectivity index (χ0n) is 13.6. The third-order valence-electron chi connectivity index (χ3n) is 3.53. The molecule has 0 bridgehead atoms. The highest BCUT2D eigenvalue weighted by atomic mass is 32.2. The lowest BCUT2D eigenvalue weighted by atomic mass is 10.1. The van der Waals surface area contributed by atoms with Crippen LogP contribution in [0.3, 0.4) is 0 Å². The first-order chi connectivity index (χ1) is 12.0. The van der Waals surface area contributed by atoms with Crippen LogP contribution in [0.25, 0.3) is 11.2 Å². The predicted octanol–water partition coefficient (Wildman–Crippen LogP) is 1.59. The summed E-state index contributed by atoms with van der Waals surface area (Å²) in [4.78, 5) is 45.8. The first kappa shape index (κ1) is 16.9. The third kappa shape index (κ3) is 3.61. The minimum Gasteiger partial charge on any atom is -0.325 e. The van der Waals surface area contributed by atoms with Gasteiger partial charge in [-0.2, -0.15) is 0 Å². The lowest BCUT2D eigenvalue weighted by Gasteiger charge is -2.05. The van der Waals surface area contributed by atoms with E-state index in [9.17, 15) is 14.4 Å². The number of ketones is 1. The molecule has 0 aliphatic carbocycles. The van der Waals surface area contributed by atoms with Crippen LogP contribution in [0.1, 0.15) is 17.3 Å². The van der Waals surface area contributed by atoms with Crippen molar-refractivity contribution in [2.24, 2.45) is 7.05 Å². The molecule has 128 valence electrons. The van der Waals surface area contributed by atoms with Crippen molar-refractivity contribution in [3.05, 3.63) is 46.5 Å². The third-order valence-corrected chi connectivity index (χ3v) is 4.56. The van der Waals surface area contributed by atoms with Gasteiger partial charge >= 0.3 is 0 Å². The number of imidazole rings is 1. The van der Waals surface area contributed by atoms with Crippen molar-refractivity contribution in [2.75, 3.05) is 11.1 Å². The zero-order chi connectivity index (χ0) is 18.0. The summed E-state index contributed by atoms with van der Waals surface area (Å²) in [6.07, 6.45) is 1.32. The van der Waals surface area contributed by atoms with Crippen molar-refractivity contribution < 1.29 is 9.59 Å². The van der Waals surface area contributed by atoms with E-state index in [-0.39, 0.29) is 28.5 Å². The molecular formula is C16H15N5O3S. The van der Waals surface area contributed by atoms with Crippen LogP contribution in [0.5, 0.6) is 0 Å². The molecule has 0 unspecified atom stereocenters. The second-order valence-electron chi connectivity index (χ2n) is 5.33. The van der Waals surface area contributed by atoms with Gasteiger partial charge in [-0.1, -0.05) is 11.8 Å². The number of rotatable bonds is 5. The molecule has 1 aromatic carbocycles. The molecule has 0 aliphatic rings. The van der Waals surface area contributed by atoms with E-state index in [0.29, 0.717) is 22.1 Å². The number of amides is 1. The number of carbonyl (C=O) groups is 2. The molecule has 0 fully saturated rings. The number of thioether (sulfide) groups is 1. The molecule has 3 rings (SSSR count). The maximum absolute atomic E-state index is 12.1. The van der Waals surface area contributed by atoms with Gasteiger partial charge in [-0.05, 0) is 31.2 Å². The molecule has 9 heteroatoms. The number of nitrogens with one attached hydrogen (secondary N) is 2. The summed E-state index contributed by atoms with van der Waals surface area (Å²) in [7, 11) is 1.74. The SMILES string of the molecule is CC(=O)c1ccc(NC(=O)CSc2nc3c(=O)[nH]cnc3n2C)cc1. The number of H-pyrrole nitrogens is 1. The highest BCUT2D eigenvalue weighted by Crippen LogP contribution is 2.20. The summed E-state index contributed by atoms with van der Waals surface area (Å²) in [5.74, 6) is -0.114. The molecule has 8 nitrogen and oxygen atoms in total. The van der Waals surface area contributed by atoms with Crippen LogP contribution < -0.4 is 10.9 Å². The fraction of sp³-hybridized carbons (Fsp3) is 0.188. The second-order valence-corrected chi connectivity index (χ2v) is 6.27. The number of Topliss-reactive ketones (excluding diaryl/α,β-unsaturated/α-hetero) is 1. The highest BCUT2D eigenvalue weighted by Gasteiger charge is 2.13. The van der Waals surface area contributed by atoms with E-state index < -0.39 is 0 Å². The molecule has 0 saturated carbocycles. The normalized spacial score (nSPS) is 10.8. The van der Waals surface area contributed by atoms with Gasteiger partial charge in [0.15, 0.2) is 22.1 Å². The van der Waals surface area contributed by atoms with Crippen molar-refractivity contribution in [1.82, 2.24) is 19.5 Å². The zero-order valence-corrected chi connectivity index (χ0v) is 14.4. The molecule has 0 aliphatic heterocycles. The number of aromatic nitrogens is 4. The predicted molar refractivity (Wildman–Crippen MR) is 94.9 cm³/mol. The highest BCUT2D eigenvalue weighted by molar-refractivity contribution is 7.99. The molecule has 3 aromatic rings. The number of aryl methyl sites for hydroxylation is 1. The summed E-state index contributed by atoms with van der Waals surface area (Å²) in [5.41, 5.74) is 1.59. The first-order valence-electron chi connectivity index (χ1n) is 7.39. The number of fused-ring (bicyclic) bond motifs is 1. The second kappa shape index (κ2) is 6.89. The minimum atomic E-state index is -0.317. The van der Waals surface area contributed by atoms with Crippen LogP contribution >= 0.6 is 11.8 Å². The summed E-state index contributed by atoms with van der Waals surface area (Å²) in [6.45, 7) is 1.49. The van der Waals surface area contributed by atoms with E-state index in [0.717, 1.165) is 0 Å². The molecule has 1 amide bonds. The Bertz CT molecular complexity index is 1010. The van der Waals surface area contributed by atoms with Gasteiger partial charge in [0, 0.05) is 18.3 Å². The molecule has 0 saturated heterocycles. The van der Waals surface area contributed by atoms with Crippen molar-refractivity contribution in [3.63, 3.8) is 0 Å². The first-order valence-corrected chi connectivity index (χ1v) is 8.38. The average Bonchev–Trinajstić information content (AvgIpc) is 2.91. The van der Waals surface area contributed by atoms with Gasteiger partial charge in [-0.25, -0.2) is 9.97 Å². The Morgan fingerprint density at radius 1 is 1.28 bits per heavy atom. The molecule has 2 heterocycles. The van der Waals surface area contributed by atoms with E-state index in [1.165, 1.54) is 25.0 Å². The quantitative estimate of drug-likeness (QED) is 0.530. The minimum absolute atomic E-state index is 0.0288. The van der Waals surface area contributed by atoms with Crippen LogP contribution in [0.4, 0.5) is 5.69 Å². The number of benzene rings is 1. The van der Waals surface area contributed by atoms with Gasteiger partial charge in [0.1, 0.15) is 0 Å². The smallest absolute Gasteiger partial charge is 0.278 e. The van der Waals surface area contributed by atoms with E-state index in [1.807, 2.05) is 0 Å². The Balaban J connectivity index is 1.66. The maximum Gasteiger partial charge on any atom is 0.278 e.